The molecule has 1 aromatic carbocycles. The van der Waals surface area contributed by atoms with E-state index in [1.54, 1.807) is 0 Å². The fourth-order valence-electron chi connectivity index (χ4n) is 1.49. The Morgan fingerprint density at radius 2 is 2.21 bits per heavy atom. The van der Waals surface area contributed by atoms with E-state index >= 15 is 0 Å². The molecule has 0 atom stereocenters. The molecule has 0 saturated heterocycles. The summed E-state index contributed by atoms with van der Waals surface area (Å²) >= 11 is 3.48. The lowest BCUT2D eigenvalue weighted by molar-refractivity contribution is 0.405. The molecule has 0 aromatic heterocycles. The first-order valence-electron chi connectivity index (χ1n) is 4.66. The van der Waals surface area contributed by atoms with E-state index in [4.69, 9.17) is 0 Å². The molecule has 72 valence electrons. The molecule has 14 heavy (non-hydrogen) atoms. The van der Waals surface area contributed by atoms with Gasteiger partial charge in [0.1, 0.15) is 0 Å². The maximum atomic E-state index is 3.48. The number of allylic oxidation sites excluding steroid dienone is 2. The van der Waals surface area contributed by atoms with Gasteiger partial charge in [-0.05, 0) is 30.0 Å². The second-order valence-corrected chi connectivity index (χ2v) is 4.24. The number of hydrogen-bond acceptors (Lipinski definition) is 1. The molecule has 1 nitrogen and oxygen atoms in total. The average Bonchev–Trinajstić information content (AvgIpc) is 2.19. The van der Waals surface area contributed by atoms with E-state index in [0.717, 1.165) is 17.6 Å². The molecule has 1 aromatic rings. The van der Waals surface area contributed by atoms with Crippen LogP contribution < -0.4 is 0 Å². The first-order valence-corrected chi connectivity index (χ1v) is 5.46. The molecular formula is C12H12BrN. The van der Waals surface area contributed by atoms with Gasteiger partial charge in [0.2, 0.25) is 0 Å². The van der Waals surface area contributed by atoms with Crippen molar-refractivity contribution in [3.63, 3.8) is 0 Å². The first kappa shape index (κ1) is 9.53. The zero-order valence-electron chi connectivity index (χ0n) is 7.86. The molecule has 1 heterocycles. The third-order valence-electron chi connectivity index (χ3n) is 2.16. The summed E-state index contributed by atoms with van der Waals surface area (Å²) < 4.78 is 1.14. The van der Waals surface area contributed by atoms with Crippen molar-refractivity contribution in [1.29, 1.82) is 0 Å². The molecule has 0 spiro atoms. The van der Waals surface area contributed by atoms with Gasteiger partial charge in [0.25, 0.3) is 0 Å². The molecule has 0 bridgehead atoms. The number of hydrogen-bond donors (Lipinski definition) is 0. The third kappa shape index (κ3) is 2.48. The Balaban J connectivity index is 2.04. The molecule has 0 unspecified atom stereocenters. The summed E-state index contributed by atoms with van der Waals surface area (Å²) in [6.45, 7) is 1.98. The third-order valence-corrected chi connectivity index (χ3v) is 2.65. The van der Waals surface area contributed by atoms with Crippen LogP contribution in [0.3, 0.4) is 0 Å². The summed E-state index contributed by atoms with van der Waals surface area (Å²) in [6, 6.07) is 8.43. The first-order chi connectivity index (χ1) is 6.84. The van der Waals surface area contributed by atoms with Crippen molar-refractivity contribution in [2.24, 2.45) is 0 Å². The molecule has 2 rings (SSSR count). The van der Waals surface area contributed by atoms with Crippen LogP contribution in [0, 0.1) is 0 Å². The molecule has 0 saturated carbocycles. The standard InChI is InChI=1S/C12H12BrN/c13-12-6-4-5-11(9-12)10-14-7-2-1-3-8-14/h1-7,9H,8,10H2. The lowest BCUT2D eigenvalue weighted by Gasteiger charge is -2.20. The van der Waals surface area contributed by atoms with E-state index in [1.165, 1.54) is 5.56 Å². The highest BCUT2D eigenvalue weighted by Crippen LogP contribution is 2.14. The summed E-state index contributed by atoms with van der Waals surface area (Å²) in [5.74, 6) is 0. The topological polar surface area (TPSA) is 3.24 Å². The van der Waals surface area contributed by atoms with Gasteiger partial charge in [-0.2, -0.15) is 0 Å². The van der Waals surface area contributed by atoms with Crippen LogP contribution in [0.15, 0.2) is 53.2 Å². The predicted octanol–water partition coefficient (Wildman–Crippen LogP) is 3.33. The molecule has 0 aliphatic carbocycles. The average molecular weight is 250 g/mol. The van der Waals surface area contributed by atoms with Crippen LogP contribution in [0.5, 0.6) is 0 Å². The molecule has 0 amide bonds. The molecular weight excluding hydrogens is 238 g/mol. The number of rotatable bonds is 2. The summed E-state index contributed by atoms with van der Waals surface area (Å²) in [5.41, 5.74) is 1.33. The van der Waals surface area contributed by atoms with Crippen molar-refractivity contribution < 1.29 is 0 Å². The normalized spacial score (nSPS) is 14.8. The van der Waals surface area contributed by atoms with Crippen LogP contribution in [-0.2, 0) is 6.54 Å². The molecule has 0 radical (unpaired) electrons. The highest BCUT2D eigenvalue weighted by Gasteiger charge is 2.01. The lowest BCUT2D eigenvalue weighted by Crippen LogP contribution is -2.17. The van der Waals surface area contributed by atoms with Gasteiger partial charge in [-0.15, -0.1) is 0 Å². The van der Waals surface area contributed by atoms with E-state index in [9.17, 15) is 0 Å². The smallest absolute Gasteiger partial charge is 0.0427 e. The second kappa shape index (κ2) is 4.47. The van der Waals surface area contributed by atoms with Gasteiger partial charge in [0.05, 0.1) is 0 Å². The number of benzene rings is 1. The van der Waals surface area contributed by atoms with E-state index in [1.807, 2.05) is 0 Å². The highest BCUT2D eigenvalue weighted by atomic mass is 79.9. The van der Waals surface area contributed by atoms with Gasteiger partial charge in [0.15, 0.2) is 0 Å². The minimum atomic E-state index is 0.972. The zero-order valence-corrected chi connectivity index (χ0v) is 9.44. The molecule has 1 aliphatic heterocycles. The Labute approximate surface area is 92.9 Å². The van der Waals surface area contributed by atoms with Crippen LogP contribution in [0.4, 0.5) is 0 Å². The zero-order chi connectivity index (χ0) is 9.80. The van der Waals surface area contributed by atoms with Gasteiger partial charge in [0, 0.05) is 17.6 Å². The second-order valence-electron chi connectivity index (χ2n) is 3.33. The van der Waals surface area contributed by atoms with Crippen LogP contribution in [0.2, 0.25) is 0 Å². The Morgan fingerprint density at radius 1 is 1.29 bits per heavy atom. The Kier molecular flexibility index (Phi) is 3.04. The minimum Gasteiger partial charge on any atom is -0.369 e. The summed E-state index contributed by atoms with van der Waals surface area (Å²) in [4.78, 5) is 2.28. The van der Waals surface area contributed by atoms with Gasteiger partial charge >= 0.3 is 0 Å². The summed E-state index contributed by atoms with van der Waals surface area (Å²) in [6.07, 6.45) is 8.44. The van der Waals surface area contributed by atoms with Crippen molar-refractivity contribution in [2.75, 3.05) is 6.54 Å². The van der Waals surface area contributed by atoms with E-state index < -0.39 is 0 Å². The van der Waals surface area contributed by atoms with E-state index in [2.05, 4.69) is 69.5 Å². The lowest BCUT2D eigenvalue weighted by atomic mass is 10.2. The van der Waals surface area contributed by atoms with Crippen molar-refractivity contribution in [3.8, 4) is 0 Å². The predicted molar refractivity (Wildman–Crippen MR) is 62.8 cm³/mol. The van der Waals surface area contributed by atoms with Crippen molar-refractivity contribution >= 4 is 15.9 Å². The van der Waals surface area contributed by atoms with Gasteiger partial charge in [-0.1, -0.05) is 40.2 Å². The fourth-order valence-corrected chi connectivity index (χ4v) is 1.94. The van der Waals surface area contributed by atoms with Gasteiger partial charge < -0.3 is 4.90 Å². The van der Waals surface area contributed by atoms with Crippen LogP contribution in [0.25, 0.3) is 0 Å². The van der Waals surface area contributed by atoms with Crippen LogP contribution in [0.1, 0.15) is 5.56 Å². The van der Waals surface area contributed by atoms with Crippen LogP contribution in [-0.4, -0.2) is 11.4 Å². The molecule has 2 heteroatoms. The summed E-state index contributed by atoms with van der Waals surface area (Å²) in [7, 11) is 0. The quantitative estimate of drug-likeness (QED) is 0.778. The fraction of sp³-hybridized carbons (Fsp3) is 0.167. The molecule has 0 N–H and O–H groups in total. The Morgan fingerprint density at radius 3 is 2.93 bits per heavy atom. The Bertz CT molecular complexity index is 368. The van der Waals surface area contributed by atoms with Crippen molar-refractivity contribution in [2.45, 2.75) is 6.54 Å². The van der Waals surface area contributed by atoms with Gasteiger partial charge in [-0.25, -0.2) is 0 Å². The van der Waals surface area contributed by atoms with Crippen molar-refractivity contribution in [3.05, 3.63) is 58.7 Å². The largest absolute Gasteiger partial charge is 0.369 e. The van der Waals surface area contributed by atoms with Crippen molar-refractivity contribution in [1.82, 2.24) is 4.90 Å². The maximum absolute atomic E-state index is 3.48. The van der Waals surface area contributed by atoms with Crippen LogP contribution >= 0.6 is 15.9 Å². The number of halogens is 1. The summed E-state index contributed by atoms with van der Waals surface area (Å²) in [5, 5.41) is 0. The highest BCUT2D eigenvalue weighted by molar-refractivity contribution is 9.10. The minimum absolute atomic E-state index is 0.972. The van der Waals surface area contributed by atoms with E-state index in [-0.39, 0.29) is 0 Å². The van der Waals surface area contributed by atoms with Gasteiger partial charge in [-0.3, -0.25) is 0 Å². The van der Waals surface area contributed by atoms with E-state index in [0.29, 0.717) is 0 Å². The SMILES string of the molecule is Brc1cccc(CN2C=CC=CC2)c1. The maximum Gasteiger partial charge on any atom is 0.0427 e. The Hall–Kier alpha value is -1.02. The molecule has 1 aliphatic rings. The number of nitrogens with zero attached hydrogens (tertiary/aromatic N) is 1. The monoisotopic (exact) mass is 249 g/mol. The molecule has 0 fully saturated rings.